The zero-order valence-corrected chi connectivity index (χ0v) is 14.7. The predicted octanol–water partition coefficient (Wildman–Crippen LogP) is 2.86. The lowest BCUT2D eigenvalue weighted by Crippen LogP contribution is -2.53. The van der Waals surface area contributed by atoms with Crippen molar-refractivity contribution in [3.63, 3.8) is 0 Å². The third-order valence-corrected chi connectivity index (χ3v) is 5.84. The van der Waals surface area contributed by atoms with Gasteiger partial charge >= 0.3 is 0 Å². The van der Waals surface area contributed by atoms with Gasteiger partial charge in [-0.2, -0.15) is 0 Å². The van der Waals surface area contributed by atoms with Crippen LogP contribution < -0.4 is 0 Å². The first-order valence-electron chi connectivity index (χ1n) is 8.61. The van der Waals surface area contributed by atoms with Crippen LogP contribution >= 0.6 is 0 Å². The molecule has 1 aliphatic heterocycles. The summed E-state index contributed by atoms with van der Waals surface area (Å²) in [6, 6.07) is 4.67. The molecule has 5 heteroatoms. The molecule has 1 saturated carbocycles. The standard InChI is InChI=1S/C19H26FNO3/c1-13-10-15(20)5-4-14(13)11-18(22)21-9-8-19(24-3)7-6-16(23-2)12-17(19)21/h4-5,10,16-17H,6-9,11-12H2,1-3H3/t16-,17+,19-/m1/s1. The molecule has 2 aliphatic rings. The number of fused-ring (bicyclic) bond motifs is 1. The smallest absolute Gasteiger partial charge is 0.227 e. The molecule has 0 spiro atoms. The number of benzene rings is 1. The molecule has 3 rings (SSSR count). The second-order valence-corrected chi connectivity index (χ2v) is 7.00. The third-order valence-electron chi connectivity index (χ3n) is 5.84. The van der Waals surface area contributed by atoms with E-state index in [2.05, 4.69) is 0 Å². The summed E-state index contributed by atoms with van der Waals surface area (Å²) in [4.78, 5) is 14.9. The van der Waals surface area contributed by atoms with E-state index in [-0.39, 0.29) is 29.5 Å². The normalized spacial score (nSPS) is 29.6. The van der Waals surface area contributed by atoms with Gasteiger partial charge in [-0.25, -0.2) is 4.39 Å². The molecule has 0 aromatic heterocycles. The van der Waals surface area contributed by atoms with Crippen molar-refractivity contribution in [3.8, 4) is 0 Å². The molecule has 1 heterocycles. The first-order valence-corrected chi connectivity index (χ1v) is 8.61. The van der Waals surface area contributed by atoms with E-state index in [1.807, 2.05) is 11.8 Å². The van der Waals surface area contributed by atoms with Crippen molar-refractivity contribution >= 4 is 5.91 Å². The number of hydrogen-bond acceptors (Lipinski definition) is 3. The number of amides is 1. The first kappa shape index (κ1) is 17.4. The topological polar surface area (TPSA) is 38.8 Å². The van der Waals surface area contributed by atoms with E-state index in [9.17, 15) is 9.18 Å². The number of methoxy groups -OCH3 is 2. The summed E-state index contributed by atoms with van der Waals surface area (Å²) in [5, 5.41) is 0. The van der Waals surface area contributed by atoms with Crippen LogP contribution in [-0.4, -0.2) is 49.3 Å². The number of hydrogen-bond donors (Lipinski definition) is 0. The highest BCUT2D eigenvalue weighted by atomic mass is 19.1. The summed E-state index contributed by atoms with van der Waals surface area (Å²) in [6.07, 6.45) is 4.07. The van der Waals surface area contributed by atoms with E-state index < -0.39 is 0 Å². The van der Waals surface area contributed by atoms with Crippen molar-refractivity contribution in [2.75, 3.05) is 20.8 Å². The highest BCUT2D eigenvalue weighted by Crippen LogP contribution is 2.43. The van der Waals surface area contributed by atoms with Gasteiger partial charge in [-0.15, -0.1) is 0 Å². The quantitative estimate of drug-likeness (QED) is 0.849. The number of nitrogens with zero attached hydrogens (tertiary/aromatic N) is 1. The van der Waals surface area contributed by atoms with Gasteiger partial charge in [-0.3, -0.25) is 4.79 Å². The number of ether oxygens (including phenoxy) is 2. The van der Waals surface area contributed by atoms with Gasteiger partial charge in [0.05, 0.1) is 24.2 Å². The first-order chi connectivity index (χ1) is 11.5. The maximum atomic E-state index is 13.3. The molecule has 1 saturated heterocycles. The van der Waals surface area contributed by atoms with Crippen LogP contribution in [0, 0.1) is 12.7 Å². The van der Waals surface area contributed by atoms with Crippen LogP contribution in [-0.2, 0) is 20.7 Å². The number of rotatable bonds is 4. The van der Waals surface area contributed by atoms with Crippen molar-refractivity contribution < 1.29 is 18.7 Å². The summed E-state index contributed by atoms with van der Waals surface area (Å²) < 4.78 is 24.7. The van der Waals surface area contributed by atoms with E-state index >= 15 is 0 Å². The van der Waals surface area contributed by atoms with Crippen LogP contribution in [0.4, 0.5) is 4.39 Å². The van der Waals surface area contributed by atoms with Crippen molar-refractivity contribution in [2.24, 2.45) is 0 Å². The highest BCUT2D eigenvalue weighted by Gasteiger charge is 2.52. The largest absolute Gasteiger partial charge is 0.381 e. The van der Waals surface area contributed by atoms with E-state index in [1.165, 1.54) is 12.1 Å². The lowest BCUT2D eigenvalue weighted by atomic mass is 9.79. The zero-order chi connectivity index (χ0) is 17.3. The maximum absolute atomic E-state index is 13.3. The maximum Gasteiger partial charge on any atom is 0.227 e. The van der Waals surface area contributed by atoms with Gasteiger partial charge in [-0.1, -0.05) is 6.07 Å². The van der Waals surface area contributed by atoms with Gasteiger partial charge < -0.3 is 14.4 Å². The molecule has 0 unspecified atom stereocenters. The Hall–Kier alpha value is -1.46. The summed E-state index contributed by atoms with van der Waals surface area (Å²) in [6.45, 7) is 2.56. The molecule has 2 fully saturated rings. The average molecular weight is 335 g/mol. The van der Waals surface area contributed by atoms with Crippen LogP contribution in [0.5, 0.6) is 0 Å². The van der Waals surface area contributed by atoms with Crippen LogP contribution in [0.15, 0.2) is 18.2 Å². The van der Waals surface area contributed by atoms with Gasteiger partial charge in [0.25, 0.3) is 0 Å². The minimum atomic E-state index is -0.265. The Morgan fingerprint density at radius 1 is 1.38 bits per heavy atom. The van der Waals surface area contributed by atoms with E-state index in [0.29, 0.717) is 13.0 Å². The van der Waals surface area contributed by atoms with E-state index in [0.717, 1.165) is 36.8 Å². The molecule has 0 N–H and O–H groups in total. The number of carbonyl (C=O) groups excluding carboxylic acids is 1. The van der Waals surface area contributed by atoms with Crippen LogP contribution in [0.1, 0.15) is 36.8 Å². The van der Waals surface area contributed by atoms with Gasteiger partial charge in [0.15, 0.2) is 0 Å². The molecule has 1 aromatic rings. The van der Waals surface area contributed by atoms with Gasteiger partial charge in [-0.05, 0) is 55.9 Å². The van der Waals surface area contributed by atoms with Crippen LogP contribution in [0.2, 0.25) is 0 Å². The fourth-order valence-corrected chi connectivity index (χ4v) is 4.30. The molecule has 4 nitrogen and oxygen atoms in total. The van der Waals surface area contributed by atoms with Crippen molar-refractivity contribution in [1.29, 1.82) is 0 Å². The molecule has 1 aliphatic carbocycles. The Bertz CT molecular complexity index is 621. The summed E-state index contributed by atoms with van der Waals surface area (Å²) in [7, 11) is 3.48. The van der Waals surface area contributed by atoms with Crippen molar-refractivity contribution in [3.05, 3.63) is 35.1 Å². The zero-order valence-electron chi connectivity index (χ0n) is 14.7. The predicted molar refractivity (Wildman–Crippen MR) is 89.3 cm³/mol. The van der Waals surface area contributed by atoms with Crippen LogP contribution in [0.3, 0.4) is 0 Å². The third kappa shape index (κ3) is 3.07. The van der Waals surface area contributed by atoms with Gasteiger partial charge in [0.2, 0.25) is 5.91 Å². The lowest BCUT2D eigenvalue weighted by Gasteiger charge is -2.43. The summed E-state index contributed by atoms with van der Waals surface area (Å²) in [5.41, 5.74) is 1.47. The molecular weight excluding hydrogens is 309 g/mol. The number of halogens is 1. The number of likely N-dealkylation sites (tertiary alicyclic amines) is 1. The Labute approximate surface area is 142 Å². The summed E-state index contributed by atoms with van der Waals surface area (Å²) in [5.74, 6) is -0.177. The fraction of sp³-hybridized carbons (Fsp3) is 0.632. The molecule has 3 atom stereocenters. The number of carbonyl (C=O) groups is 1. The van der Waals surface area contributed by atoms with Crippen molar-refractivity contribution in [1.82, 2.24) is 4.90 Å². The molecular formula is C19H26FNO3. The highest BCUT2D eigenvalue weighted by molar-refractivity contribution is 5.80. The Morgan fingerprint density at radius 3 is 2.83 bits per heavy atom. The monoisotopic (exact) mass is 335 g/mol. The van der Waals surface area contributed by atoms with E-state index in [4.69, 9.17) is 9.47 Å². The van der Waals surface area contributed by atoms with Crippen molar-refractivity contribution in [2.45, 2.75) is 56.8 Å². The molecule has 0 radical (unpaired) electrons. The Balaban J connectivity index is 1.77. The molecule has 1 aromatic carbocycles. The Morgan fingerprint density at radius 2 is 2.17 bits per heavy atom. The van der Waals surface area contributed by atoms with Gasteiger partial charge in [0, 0.05) is 20.8 Å². The fourth-order valence-electron chi connectivity index (χ4n) is 4.30. The average Bonchev–Trinajstić information content (AvgIpc) is 2.96. The molecule has 0 bridgehead atoms. The molecule has 24 heavy (non-hydrogen) atoms. The molecule has 132 valence electrons. The second kappa shape index (κ2) is 6.81. The van der Waals surface area contributed by atoms with Crippen LogP contribution in [0.25, 0.3) is 0 Å². The SMILES string of the molecule is CO[C@@H]1CC[C@@]2(OC)CCN(C(=O)Cc3ccc(F)cc3C)[C@H]2C1. The van der Waals surface area contributed by atoms with Gasteiger partial charge in [0.1, 0.15) is 5.82 Å². The lowest BCUT2D eigenvalue weighted by molar-refractivity contribution is -0.140. The Kier molecular flexibility index (Phi) is 4.92. The second-order valence-electron chi connectivity index (χ2n) is 7.00. The number of aryl methyl sites for hydroxylation is 1. The summed E-state index contributed by atoms with van der Waals surface area (Å²) >= 11 is 0. The van der Waals surface area contributed by atoms with E-state index in [1.54, 1.807) is 20.3 Å². The minimum Gasteiger partial charge on any atom is -0.381 e. The minimum absolute atomic E-state index is 0.0643. The molecule has 1 amide bonds.